The molecule has 0 saturated heterocycles. The lowest BCUT2D eigenvalue weighted by atomic mass is 10.1. The molecule has 2 aliphatic heterocycles. The summed E-state index contributed by atoms with van der Waals surface area (Å²) >= 11 is 0. The summed E-state index contributed by atoms with van der Waals surface area (Å²) in [7, 11) is 2.08. The smallest absolute Gasteiger partial charge is 0.255 e. The molecule has 0 fully saturated rings. The maximum atomic E-state index is 12.4. The molecule has 5 heteroatoms. The Morgan fingerprint density at radius 2 is 2.00 bits per heavy atom. The number of carbonyl (C=O) groups excluding carboxylic acids is 1. The molecule has 0 saturated carbocycles. The first-order valence-corrected chi connectivity index (χ1v) is 7.26. The Labute approximate surface area is 128 Å². The van der Waals surface area contributed by atoms with Gasteiger partial charge in [-0.2, -0.15) is 0 Å². The molecule has 4 rings (SSSR count). The third kappa shape index (κ3) is 2.15. The van der Waals surface area contributed by atoms with Gasteiger partial charge in [-0.3, -0.25) is 4.79 Å². The van der Waals surface area contributed by atoms with Crippen molar-refractivity contribution in [2.24, 2.45) is 0 Å². The number of hydrogen-bond donors (Lipinski definition) is 1. The summed E-state index contributed by atoms with van der Waals surface area (Å²) < 4.78 is 10.6. The number of likely N-dealkylation sites (N-methyl/N-ethyl adjacent to an activating group) is 1. The highest BCUT2D eigenvalue weighted by Gasteiger charge is 2.18. The predicted octanol–water partition coefficient (Wildman–Crippen LogP) is 2.66. The molecule has 0 unspecified atom stereocenters. The monoisotopic (exact) mass is 296 g/mol. The average Bonchev–Trinajstić information content (AvgIpc) is 3.13. The van der Waals surface area contributed by atoms with E-state index in [1.54, 1.807) is 18.2 Å². The van der Waals surface area contributed by atoms with Gasteiger partial charge in [0, 0.05) is 30.5 Å². The lowest BCUT2D eigenvalue weighted by Gasteiger charge is -2.12. The highest BCUT2D eigenvalue weighted by atomic mass is 16.7. The molecule has 0 atom stereocenters. The van der Waals surface area contributed by atoms with Gasteiger partial charge in [-0.25, -0.2) is 0 Å². The lowest BCUT2D eigenvalue weighted by Crippen LogP contribution is -2.13. The zero-order valence-electron chi connectivity index (χ0n) is 12.3. The number of anilines is 2. The topological polar surface area (TPSA) is 50.8 Å². The minimum atomic E-state index is -0.149. The van der Waals surface area contributed by atoms with E-state index in [2.05, 4.69) is 23.3 Å². The molecule has 22 heavy (non-hydrogen) atoms. The molecule has 0 radical (unpaired) electrons. The number of amides is 1. The first-order chi connectivity index (χ1) is 10.7. The van der Waals surface area contributed by atoms with Crippen LogP contribution < -0.4 is 19.7 Å². The van der Waals surface area contributed by atoms with Gasteiger partial charge in [0.25, 0.3) is 5.91 Å². The molecular formula is C17H16N2O3. The maximum absolute atomic E-state index is 12.4. The van der Waals surface area contributed by atoms with Gasteiger partial charge in [-0.15, -0.1) is 0 Å². The van der Waals surface area contributed by atoms with Crippen LogP contribution in [0, 0.1) is 0 Å². The van der Waals surface area contributed by atoms with Gasteiger partial charge in [0.15, 0.2) is 11.5 Å². The number of carbonyl (C=O) groups is 1. The van der Waals surface area contributed by atoms with E-state index in [4.69, 9.17) is 9.47 Å². The lowest BCUT2D eigenvalue weighted by molar-refractivity contribution is 0.102. The fourth-order valence-electron chi connectivity index (χ4n) is 2.89. The van der Waals surface area contributed by atoms with Gasteiger partial charge in [-0.05, 0) is 48.4 Å². The van der Waals surface area contributed by atoms with Crippen LogP contribution in [0.3, 0.4) is 0 Å². The van der Waals surface area contributed by atoms with Crippen LogP contribution in [0.2, 0.25) is 0 Å². The molecule has 1 N–H and O–H groups in total. The number of nitrogens with one attached hydrogen (secondary N) is 1. The van der Waals surface area contributed by atoms with Crippen LogP contribution in [0.15, 0.2) is 36.4 Å². The second-order valence-corrected chi connectivity index (χ2v) is 5.54. The van der Waals surface area contributed by atoms with E-state index in [1.807, 2.05) is 12.1 Å². The van der Waals surface area contributed by atoms with Crippen molar-refractivity contribution >= 4 is 17.3 Å². The van der Waals surface area contributed by atoms with Crippen molar-refractivity contribution in [2.75, 3.05) is 30.6 Å². The standard InChI is InChI=1S/C17H16N2O3/c1-19-7-6-11-8-13(3-4-14(11)19)18-17(20)12-2-5-15-16(9-12)22-10-21-15/h2-5,8-9H,6-7,10H2,1H3,(H,18,20). The van der Waals surface area contributed by atoms with Crippen LogP contribution in [0.5, 0.6) is 11.5 Å². The fourth-order valence-corrected chi connectivity index (χ4v) is 2.89. The summed E-state index contributed by atoms with van der Waals surface area (Å²) in [4.78, 5) is 14.6. The molecule has 0 aromatic heterocycles. The van der Waals surface area contributed by atoms with Gasteiger partial charge in [-0.1, -0.05) is 0 Å². The van der Waals surface area contributed by atoms with Gasteiger partial charge in [0.1, 0.15) is 0 Å². The van der Waals surface area contributed by atoms with Gasteiger partial charge < -0.3 is 19.7 Å². The number of fused-ring (bicyclic) bond motifs is 2. The minimum absolute atomic E-state index is 0.149. The number of rotatable bonds is 2. The molecule has 2 aromatic carbocycles. The van der Waals surface area contributed by atoms with Gasteiger partial charge in [0.05, 0.1) is 0 Å². The molecule has 0 aliphatic carbocycles. The first-order valence-electron chi connectivity index (χ1n) is 7.26. The van der Waals surface area contributed by atoms with Gasteiger partial charge >= 0.3 is 0 Å². The Morgan fingerprint density at radius 1 is 1.14 bits per heavy atom. The van der Waals surface area contributed by atoms with E-state index < -0.39 is 0 Å². The Balaban J connectivity index is 1.55. The van der Waals surface area contributed by atoms with Crippen molar-refractivity contribution in [3.05, 3.63) is 47.5 Å². The molecule has 2 aromatic rings. The molecule has 0 bridgehead atoms. The number of hydrogen-bond acceptors (Lipinski definition) is 4. The summed E-state index contributed by atoms with van der Waals surface area (Å²) in [6.45, 7) is 1.23. The van der Waals surface area contributed by atoms with Crippen molar-refractivity contribution in [1.29, 1.82) is 0 Å². The largest absolute Gasteiger partial charge is 0.454 e. The predicted molar refractivity (Wildman–Crippen MR) is 83.9 cm³/mol. The van der Waals surface area contributed by atoms with E-state index in [0.29, 0.717) is 17.1 Å². The van der Waals surface area contributed by atoms with Crippen molar-refractivity contribution < 1.29 is 14.3 Å². The molecule has 0 spiro atoms. The van der Waals surface area contributed by atoms with Crippen LogP contribution in [0.4, 0.5) is 11.4 Å². The number of benzene rings is 2. The van der Waals surface area contributed by atoms with Crippen molar-refractivity contribution in [3.8, 4) is 11.5 Å². The first kappa shape index (κ1) is 13.0. The zero-order chi connectivity index (χ0) is 15.1. The Bertz CT molecular complexity index is 758. The van der Waals surface area contributed by atoms with E-state index in [0.717, 1.165) is 18.7 Å². The van der Waals surface area contributed by atoms with Crippen molar-refractivity contribution in [3.63, 3.8) is 0 Å². The third-order valence-electron chi connectivity index (χ3n) is 4.10. The van der Waals surface area contributed by atoms with E-state index >= 15 is 0 Å². The van der Waals surface area contributed by atoms with Crippen molar-refractivity contribution in [2.45, 2.75) is 6.42 Å². The minimum Gasteiger partial charge on any atom is -0.454 e. The summed E-state index contributed by atoms with van der Waals surface area (Å²) in [5.41, 5.74) is 3.88. The van der Waals surface area contributed by atoms with Crippen LogP contribution in [0.25, 0.3) is 0 Å². The summed E-state index contributed by atoms with van der Waals surface area (Å²) in [5, 5.41) is 2.94. The van der Waals surface area contributed by atoms with Gasteiger partial charge in [0.2, 0.25) is 6.79 Å². The number of nitrogens with zero attached hydrogens (tertiary/aromatic N) is 1. The normalized spacial score (nSPS) is 14.9. The fraction of sp³-hybridized carbons (Fsp3) is 0.235. The number of ether oxygens (including phenoxy) is 2. The van der Waals surface area contributed by atoms with Crippen LogP contribution in [-0.2, 0) is 6.42 Å². The SMILES string of the molecule is CN1CCc2cc(NC(=O)c3ccc4c(c3)OCO4)ccc21. The van der Waals surface area contributed by atoms with Crippen LogP contribution >= 0.6 is 0 Å². The molecule has 2 heterocycles. The molecular weight excluding hydrogens is 280 g/mol. The van der Waals surface area contributed by atoms with E-state index in [-0.39, 0.29) is 12.7 Å². The van der Waals surface area contributed by atoms with E-state index in [1.165, 1.54) is 11.3 Å². The summed E-state index contributed by atoms with van der Waals surface area (Å²) in [5.74, 6) is 1.14. The van der Waals surface area contributed by atoms with Crippen LogP contribution in [-0.4, -0.2) is 26.3 Å². The molecule has 1 amide bonds. The second kappa shape index (κ2) is 4.94. The Hall–Kier alpha value is -2.69. The molecule has 5 nitrogen and oxygen atoms in total. The summed E-state index contributed by atoms with van der Waals surface area (Å²) in [6, 6.07) is 11.2. The van der Waals surface area contributed by atoms with Crippen LogP contribution in [0.1, 0.15) is 15.9 Å². The average molecular weight is 296 g/mol. The highest BCUT2D eigenvalue weighted by molar-refractivity contribution is 6.04. The van der Waals surface area contributed by atoms with Crippen molar-refractivity contribution in [1.82, 2.24) is 0 Å². The maximum Gasteiger partial charge on any atom is 0.255 e. The van der Waals surface area contributed by atoms with E-state index in [9.17, 15) is 4.79 Å². The highest BCUT2D eigenvalue weighted by Crippen LogP contribution is 2.33. The second-order valence-electron chi connectivity index (χ2n) is 5.54. The Kier molecular flexibility index (Phi) is 2.92. The molecule has 2 aliphatic rings. The quantitative estimate of drug-likeness (QED) is 0.925. The summed E-state index contributed by atoms with van der Waals surface area (Å²) in [6.07, 6.45) is 1.01. The zero-order valence-corrected chi connectivity index (χ0v) is 12.3. The third-order valence-corrected chi connectivity index (χ3v) is 4.10. The Morgan fingerprint density at radius 3 is 2.91 bits per heavy atom. The molecule has 112 valence electrons.